The highest BCUT2D eigenvalue weighted by atomic mass is 32.2. The summed E-state index contributed by atoms with van der Waals surface area (Å²) >= 11 is 3.76. The number of aromatic nitrogens is 3. The van der Waals surface area contributed by atoms with Crippen LogP contribution in [-0.4, -0.2) is 292 Å². The molecule has 0 spiro atoms. The number of unbranched alkanes of at least 4 members (excludes halogenated alkanes) is 5. The molecule has 12 N–H and O–H groups in total. The van der Waals surface area contributed by atoms with Gasteiger partial charge in [-0.05, 0) is 202 Å². The van der Waals surface area contributed by atoms with Crippen molar-refractivity contribution >= 4 is 140 Å². The quantitative estimate of drug-likeness (QED) is 0.0240. The van der Waals surface area contributed by atoms with Crippen LogP contribution >= 0.6 is 23.5 Å². The van der Waals surface area contributed by atoms with Crippen molar-refractivity contribution in [3.8, 4) is 34.5 Å². The van der Waals surface area contributed by atoms with Crippen LogP contribution in [0.3, 0.4) is 0 Å². The number of benzene rings is 2. The van der Waals surface area contributed by atoms with Gasteiger partial charge in [0.1, 0.15) is 17.9 Å². The van der Waals surface area contributed by atoms with E-state index in [1.54, 1.807) is 0 Å². The molecule has 7 fully saturated rings. The van der Waals surface area contributed by atoms with Crippen LogP contribution in [0, 0.1) is 17.8 Å². The minimum absolute atomic E-state index is 0.00726. The lowest BCUT2D eigenvalue weighted by Crippen LogP contribution is -2.52. The number of carboxylic acid groups (broad SMARTS) is 1. The van der Waals surface area contributed by atoms with Gasteiger partial charge in [0.15, 0.2) is 23.0 Å². The summed E-state index contributed by atoms with van der Waals surface area (Å²) in [6.07, 6.45) is 14.2. The largest absolute Gasteiger partial charge is 0.490 e. The van der Waals surface area contributed by atoms with E-state index in [4.69, 9.17) is 68.6 Å². The van der Waals surface area contributed by atoms with Gasteiger partial charge >= 0.3 is 27.2 Å². The molecule has 0 bridgehead atoms. The van der Waals surface area contributed by atoms with Gasteiger partial charge in [-0.1, -0.05) is 40.0 Å². The van der Waals surface area contributed by atoms with Crippen LogP contribution in [0.2, 0.25) is 0 Å². The van der Waals surface area contributed by atoms with Crippen molar-refractivity contribution in [2.75, 3.05) is 117 Å². The lowest BCUT2D eigenvalue weighted by molar-refractivity contribution is -0.143. The molecular formula is C87H133N13O31S7. The highest BCUT2D eigenvalue weighted by Gasteiger charge is 2.45. The number of hydrogen-bond acceptors (Lipinski definition) is 34. The van der Waals surface area contributed by atoms with Crippen LogP contribution in [0.4, 0.5) is 11.9 Å². The molecule has 6 aliphatic heterocycles. The first-order valence-electron chi connectivity index (χ1n) is 47.3. The van der Waals surface area contributed by atoms with E-state index in [2.05, 4.69) is 42.5 Å². The zero-order valence-electron chi connectivity index (χ0n) is 78.1. The third-order valence-electron chi connectivity index (χ3n) is 24.4. The van der Waals surface area contributed by atoms with Gasteiger partial charge in [-0.25, -0.2) is 0 Å². The second kappa shape index (κ2) is 58.2. The van der Waals surface area contributed by atoms with E-state index in [0.29, 0.717) is 221 Å². The van der Waals surface area contributed by atoms with Gasteiger partial charge in [-0.2, -0.15) is 63.7 Å². The molecular weight excluding hydrogens is 1950 g/mol. The van der Waals surface area contributed by atoms with Gasteiger partial charge in [0.2, 0.25) is 58.8 Å². The standard InChI is InChI=1S/C87H133N13O25S5.2O3S/c1-4-7-41-121-68-50-59(51-69(123-43-17-46-129(114,115)116)79(68)125-44-18-47-130(117,118)119)82(106)93-65(20-13-15-34-89-73(102)24-11-9-22-71-77-61(55-127-71)53-75(104)95-77)84(108)91-63-31-37-100(38-32-63)87-97-80(56-25-27-57(28-26-56)85(109)110)96-86(98-87)99-35-29-62(30-36-99)90-83(107)64(19-12-14-33-88-72(101)23-10-8-21-70-76-60(54-126-70)52-74(103)94-76)92-81(105)58-48-66(120-39-5-2)78(124-40-6-3)67(49-58)122-42-16-45-128(111,112)113;2*1-4(2)3/h48-51,56-57,60-65,70-71,76-77H,4-47,52-55H2,1-3H3,(H,88,101)(H,89,102)(H,90,107)(H,91,108)(H,92,105)(H,93,106)(H,94,103)(H,95,104)(H,109,110)(H,111,112,113)(H,114,115,116)(H,117,118,119);;/t56?,57?,60-,61+,64?,65?,70-,71?,76-,77+;;/m0../s1. The van der Waals surface area contributed by atoms with Crippen molar-refractivity contribution < 1.29 is 141 Å². The highest BCUT2D eigenvalue weighted by Crippen LogP contribution is 2.44. The zero-order chi connectivity index (χ0) is 100. The maximum atomic E-state index is 14.9. The van der Waals surface area contributed by atoms with Crippen LogP contribution in [0.5, 0.6) is 34.5 Å². The van der Waals surface area contributed by atoms with Crippen molar-refractivity contribution in [3.63, 3.8) is 0 Å². The Kier molecular flexibility index (Phi) is 48.1. The Morgan fingerprint density at radius 3 is 1.20 bits per heavy atom. The number of carboxylic acids is 1. The molecule has 1 aromatic heterocycles. The van der Waals surface area contributed by atoms with Gasteiger partial charge in [0, 0.05) is 117 Å². The third-order valence-corrected chi connectivity index (χ3v) is 30.0. The van der Waals surface area contributed by atoms with Crippen LogP contribution in [-0.2, 0) is 85.1 Å². The van der Waals surface area contributed by atoms with Gasteiger partial charge in [-0.3, -0.25) is 56.8 Å². The number of hydrogen-bond donors (Lipinski definition) is 12. The predicted molar refractivity (Wildman–Crippen MR) is 508 cm³/mol. The second-order valence-electron chi connectivity index (χ2n) is 35.2. The minimum atomic E-state index is -4.40. The molecule has 8 amide bonds. The summed E-state index contributed by atoms with van der Waals surface area (Å²) < 4.78 is 185. The molecule has 7 aliphatic rings. The van der Waals surface area contributed by atoms with Crippen LogP contribution in [0.25, 0.3) is 0 Å². The van der Waals surface area contributed by atoms with Gasteiger partial charge in [0.25, 0.3) is 42.2 Å². The normalized spacial score (nSPS) is 20.2. The topological polar surface area (TPSA) is 636 Å². The van der Waals surface area contributed by atoms with E-state index < -0.39 is 122 Å². The Hall–Kier alpha value is -9.25. The SMILES string of the molecule is CCCCOc1cc(C(=O)NC(CCCCNC(=O)CCCCC2SC[C@H]3CC(=O)N[C@@H]23)C(=O)NC2CCN(c3nc(C4CCC(C(=O)O)CC4)nc(N4CCC(NC(=O)C(CCCCNC(=O)CCCC[C@@H]5SC[C@@H]6CC(=O)N[C@@H]65)NC(=O)c5cc(OCCC)c(OCCC)c(OCCCS(=O)(=O)O)c5)CC4)n3)CC2)cc(OCCCS(=O)(=O)O)c1OCCCS(=O)(=O)O.O=S(=O)=O.O=S(=O)=O. The third kappa shape index (κ3) is 40.8. The molecule has 1 aliphatic carbocycles. The van der Waals surface area contributed by atoms with Crippen molar-refractivity contribution in [1.29, 1.82) is 0 Å². The Morgan fingerprint density at radius 2 is 0.833 bits per heavy atom. The molecule has 6 saturated heterocycles. The minimum Gasteiger partial charge on any atom is -0.490 e. The average Bonchev–Trinajstić information content (AvgIpc) is 1.59. The number of piperidine rings is 2. The molecule has 51 heteroatoms. The number of nitrogens with zero attached hydrogens (tertiary/aromatic N) is 5. The van der Waals surface area contributed by atoms with E-state index in [-0.39, 0.29) is 165 Å². The Bertz CT molecular complexity index is 5110. The van der Waals surface area contributed by atoms with Crippen LogP contribution in [0.15, 0.2) is 24.3 Å². The molecule has 0 radical (unpaired) electrons. The van der Waals surface area contributed by atoms with Gasteiger partial charge in [-0.15, -0.1) is 25.3 Å². The Morgan fingerprint density at radius 1 is 0.471 bits per heavy atom. The average molecular weight is 2080 g/mol. The van der Waals surface area contributed by atoms with Gasteiger partial charge < -0.3 is 85.9 Å². The van der Waals surface area contributed by atoms with E-state index in [0.717, 1.165) is 37.2 Å². The van der Waals surface area contributed by atoms with Crippen molar-refractivity contribution in [2.45, 2.75) is 272 Å². The fourth-order valence-corrected chi connectivity index (χ4v) is 22.0. The first kappa shape index (κ1) is 114. The number of aliphatic carboxylic acids is 1. The molecule has 3 aromatic rings. The molecule has 3 unspecified atom stereocenters. The smallest absolute Gasteiger partial charge is 0.425 e. The summed E-state index contributed by atoms with van der Waals surface area (Å²) in [5, 5.41) is 35.2. The zero-order valence-corrected chi connectivity index (χ0v) is 83.8. The number of thioether (sulfide) groups is 2. The molecule has 2 aromatic carbocycles. The monoisotopic (exact) mass is 2080 g/mol. The van der Waals surface area contributed by atoms with Gasteiger partial charge in [0.05, 0.1) is 62.8 Å². The summed E-state index contributed by atoms with van der Waals surface area (Å²) in [4.78, 5) is 141. The Labute approximate surface area is 816 Å². The van der Waals surface area contributed by atoms with Crippen LogP contribution in [0.1, 0.15) is 252 Å². The fourth-order valence-electron chi connectivity index (χ4n) is 17.3. The van der Waals surface area contributed by atoms with Crippen molar-refractivity contribution in [1.82, 2.24) is 57.5 Å². The summed E-state index contributed by atoms with van der Waals surface area (Å²) in [5.41, 5.74) is 0.00358. The number of nitrogens with one attached hydrogen (secondary N) is 8. The summed E-state index contributed by atoms with van der Waals surface area (Å²) in [6.45, 7) is 7.74. The van der Waals surface area contributed by atoms with Crippen molar-refractivity contribution in [2.24, 2.45) is 17.8 Å². The number of ether oxygens (including phenoxy) is 6. The van der Waals surface area contributed by atoms with E-state index in [9.17, 15) is 87.2 Å². The van der Waals surface area contributed by atoms with Crippen LogP contribution < -0.4 is 80.8 Å². The number of amides is 8. The fraction of sp³-hybridized carbons (Fsp3) is 0.724. The number of carbonyl (C=O) groups is 9. The number of carbonyl (C=O) groups excluding carboxylic acids is 8. The Balaban J connectivity index is 0.00000281. The van der Waals surface area contributed by atoms with E-state index >= 15 is 0 Å². The number of rotatable bonds is 57. The maximum Gasteiger partial charge on any atom is 0.425 e. The summed E-state index contributed by atoms with van der Waals surface area (Å²) in [5.74, 6) is -1.62. The molecule has 138 heavy (non-hydrogen) atoms. The van der Waals surface area contributed by atoms with E-state index in [1.807, 2.05) is 54.1 Å². The summed E-state index contributed by atoms with van der Waals surface area (Å²) in [6, 6.07) is 2.94. The first-order valence-corrected chi connectivity index (χ1v) is 56.3. The molecule has 8 atom stereocenters. The lowest BCUT2D eigenvalue weighted by Gasteiger charge is -2.36. The molecule has 774 valence electrons. The highest BCUT2D eigenvalue weighted by molar-refractivity contribution is 8.00. The predicted octanol–water partition coefficient (Wildman–Crippen LogP) is 5.65. The second-order valence-corrected chi connectivity index (χ2v) is 43.3. The molecule has 1 saturated carbocycles. The maximum absolute atomic E-state index is 14.9. The molecule has 7 heterocycles. The van der Waals surface area contributed by atoms with E-state index in [1.165, 1.54) is 24.3 Å². The summed E-state index contributed by atoms with van der Waals surface area (Å²) in [7, 11) is -19.3. The lowest BCUT2D eigenvalue weighted by atomic mass is 9.81. The molecule has 10 rings (SSSR count). The number of anilines is 2. The molecule has 44 nitrogen and oxygen atoms in total. The number of fused-ring (bicyclic) bond motifs is 2. The van der Waals surface area contributed by atoms with Crippen molar-refractivity contribution in [3.05, 3.63) is 41.2 Å². The first-order chi connectivity index (χ1) is 65.7.